The molecule has 14 atom stereocenters. The van der Waals surface area contributed by atoms with Crippen LogP contribution in [0.1, 0.15) is 219 Å². The fourth-order valence-corrected chi connectivity index (χ4v) is 17.4. The maximum absolute atomic E-state index is 13.3. The molecule has 3 N–H and O–H groups in total. The van der Waals surface area contributed by atoms with Crippen LogP contribution in [0.5, 0.6) is 5.75 Å². The topological polar surface area (TPSA) is 72.8 Å². The maximum Gasteiger partial charge on any atom is 0.236 e. The third-order valence-corrected chi connectivity index (χ3v) is 21.2. The van der Waals surface area contributed by atoms with Gasteiger partial charge in [0.1, 0.15) is 5.75 Å². The highest BCUT2D eigenvalue weighted by Crippen LogP contribution is 2.68. The number of allylic oxidation sites excluding steroid dienone is 1. The van der Waals surface area contributed by atoms with E-state index in [1.807, 2.05) is 18.0 Å². The predicted molar refractivity (Wildman–Crippen MR) is 266 cm³/mol. The van der Waals surface area contributed by atoms with Gasteiger partial charge in [-0.25, -0.2) is 0 Å². The first-order valence-electron chi connectivity index (χ1n) is 27.9. The van der Waals surface area contributed by atoms with Gasteiger partial charge in [0.25, 0.3) is 0 Å². The number of aliphatic hydroxyl groups excluding tert-OH is 1. The second kappa shape index (κ2) is 20.8. The highest BCUT2D eigenvalue weighted by molar-refractivity contribution is 5.78. The summed E-state index contributed by atoms with van der Waals surface area (Å²) in [6.07, 6.45) is 36.0. The van der Waals surface area contributed by atoms with Gasteiger partial charge in [-0.2, -0.15) is 0 Å². The molecule has 0 unspecified atom stereocenters. The molecule has 0 radical (unpaired) electrons. The number of amides is 1. The Kier molecular flexibility index (Phi) is 15.8. The molecule has 5 heteroatoms. The van der Waals surface area contributed by atoms with Crippen LogP contribution in [0.3, 0.4) is 0 Å². The molecule has 0 bridgehead atoms. The maximum atomic E-state index is 13.3. The van der Waals surface area contributed by atoms with Crippen molar-refractivity contribution >= 4 is 5.91 Å². The second-order valence-corrected chi connectivity index (χ2v) is 25.2. The van der Waals surface area contributed by atoms with E-state index in [1.165, 1.54) is 146 Å². The third kappa shape index (κ3) is 9.99. The molecule has 360 valence electrons. The van der Waals surface area contributed by atoms with E-state index in [2.05, 4.69) is 65.1 Å². The van der Waals surface area contributed by atoms with Gasteiger partial charge in [0, 0.05) is 19.6 Å². The van der Waals surface area contributed by atoms with Gasteiger partial charge in [0.05, 0.1) is 12.6 Å². The fourth-order valence-electron chi connectivity index (χ4n) is 17.4. The summed E-state index contributed by atoms with van der Waals surface area (Å²) in [4.78, 5) is 15.2. The monoisotopic (exact) mass is 881 g/mol. The van der Waals surface area contributed by atoms with Gasteiger partial charge >= 0.3 is 0 Å². The second-order valence-electron chi connectivity index (χ2n) is 25.2. The number of phenolic OH excluding ortho intramolecular Hbond substituents is 1. The number of carbonyl (C=O) groups is 1. The summed E-state index contributed by atoms with van der Waals surface area (Å²) >= 11 is 0. The van der Waals surface area contributed by atoms with E-state index in [-0.39, 0.29) is 17.4 Å². The Morgan fingerprint density at radius 2 is 1.50 bits per heavy atom. The molecule has 7 aliphatic rings. The normalized spacial score (nSPS) is 38.0. The number of hydrogen-bond donors (Lipinski definition) is 3. The summed E-state index contributed by atoms with van der Waals surface area (Å²) in [5, 5.41) is 25.1. The van der Waals surface area contributed by atoms with E-state index in [1.54, 1.807) is 5.57 Å². The minimum atomic E-state index is -0.134. The standard InChI is InChI=1S/C59H96N2O3/c1-40(2)18-17-19-41(3)50-25-26-51-49-23-21-44-38-45(29-32-57(44,4)52(49)31-34-58(50,51)5)60-39-55(64)61(7)35-16-14-12-10-8-9-11-13-15-20-42-36-43-37-46(62)22-24-47(43)48-30-33-59(6)53(56(42)48)27-28-54(59)63/h21-22,24,37,40-42,45,48-54,56,60,62-63H,8-20,23,25-36,38-39H2,1-7H3/t41-,42-,45+,48-,49+,50-,51+,52+,53+,54+,56-,57+,58-,59+/m1/s1. The van der Waals surface area contributed by atoms with Crippen LogP contribution in [-0.4, -0.2) is 53.3 Å². The summed E-state index contributed by atoms with van der Waals surface area (Å²) in [6.45, 7) is 16.5. The molecule has 1 aromatic carbocycles. The molecule has 1 amide bonds. The Bertz CT molecular complexity index is 1740. The smallest absolute Gasteiger partial charge is 0.236 e. The van der Waals surface area contributed by atoms with Crippen LogP contribution >= 0.6 is 0 Å². The number of aromatic hydroxyl groups is 1. The van der Waals surface area contributed by atoms with Crippen molar-refractivity contribution in [2.45, 2.75) is 227 Å². The molecule has 0 spiro atoms. The number of phenols is 1. The average Bonchev–Trinajstić information content (AvgIpc) is 3.79. The van der Waals surface area contributed by atoms with Crippen LogP contribution in [0.15, 0.2) is 29.8 Å². The van der Waals surface area contributed by atoms with Crippen LogP contribution < -0.4 is 5.32 Å². The lowest BCUT2D eigenvalue weighted by atomic mass is 9.47. The molecule has 64 heavy (non-hydrogen) atoms. The van der Waals surface area contributed by atoms with Crippen LogP contribution in [0.25, 0.3) is 0 Å². The Hall–Kier alpha value is -1.85. The number of hydrogen-bond acceptors (Lipinski definition) is 4. The van der Waals surface area contributed by atoms with Gasteiger partial charge in [-0.05, 0) is 195 Å². The number of benzene rings is 1. The number of fused-ring (bicyclic) bond motifs is 10. The Balaban J connectivity index is 0.687. The van der Waals surface area contributed by atoms with Gasteiger partial charge in [0.2, 0.25) is 5.91 Å². The number of nitrogens with zero attached hydrogens (tertiary/aromatic N) is 1. The van der Waals surface area contributed by atoms with E-state index < -0.39 is 0 Å². The Morgan fingerprint density at radius 3 is 2.27 bits per heavy atom. The van der Waals surface area contributed by atoms with Crippen LogP contribution in [0, 0.1) is 69.5 Å². The summed E-state index contributed by atoms with van der Waals surface area (Å²) in [7, 11) is 2.02. The zero-order chi connectivity index (χ0) is 45.2. The van der Waals surface area contributed by atoms with Gasteiger partial charge in [0.15, 0.2) is 0 Å². The number of unbranched alkanes of at least 4 members (excludes halogenated alkanes) is 8. The summed E-state index contributed by atoms with van der Waals surface area (Å²) < 4.78 is 0. The van der Waals surface area contributed by atoms with Crippen molar-refractivity contribution in [1.29, 1.82) is 0 Å². The number of aliphatic hydroxyl groups is 1. The van der Waals surface area contributed by atoms with Crippen LogP contribution in [-0.2, 0) is 11.2 Å². The fraction of sp³-hybridized carbons (Fsp3) is 0.847. The highest BCUT2D eigenvalue weighted by atomic mass is 16.3. The molecular formula is C59H96N2O3. The van der Waals surface area contributed by atoms with Crippen LogP contribution in [0.4, 0.5) is 0 Å². The molecule has 5 saturated carbocycles. The van der Waals surface area contributed by atoms with E-state index in [4.69, 9.17) is 0 Å². The molecule has 5 fully saturated rings. The first-order valence-corrected chi connectivity index (χ1v) is 27.9. The summed E-state index contributed by atoms with van der Waals surface area (Å²) in [5.41, 5.74) is 5.62. The number of nitrogens with one attached hydrogen (secondary N) is 1. The lowest BCUT2D eigenvalue weighted by Gasteiger charge is -2.58. The van der Waals surface area contributed by atoms with Crippen molar-refractivity contribution in [3.8, 4) is 5.75 Å². The van der Waals surface area contributed by atoms with Gasteiger partial charge in [-0.1, -0.05) is 130 Å². The summed E-state index contributed by atoms with van der Waals surface area (Å²) in [6, 6.07) is 6.62. The first-order chi connectivity index (χ1) is 30.7. The molecule has 1 aromatic rings. The van der Waals surface area contributed by atoms with Crippen molar-refractivity contribution in [1.82, 2.24) is 10.2 Å². The van der Waals surface area contributed by atoms with E-state index in [0.29, 0.717) is 52.8 Å². The van der Waals surface area contributed by atoms with Crippen molar-refractivity contribution in [3.05, 3.63) is 41.0 Å². The molecule has 7 aliphatic carbocycles. The zero-order valence-electron chi connectivity index (χ0n) is 42.3. The van der Waals surface area contributed by atoms with Gasteiger partial charge in [-0.15, -0.1) is 0 Å². The Labute approximate surface area is 392 Å². The SMILES string of the molecule is CC(C)CCC[C@@H](C)[C@H]1CC[C@H]2[C@@H]3CC=C4C[C@@H](NCC(=O)N(C)CCCCCCCCCCC[C@@H]5Cc6cc(O)ccc6[C@H]6CC[C@]7(C)[C@@H](O)CC[C@H]7[C@H]56)CC[C@]4(C)[C@H]3CC[C@]12C. The molecule has 8 rings (SSSR count). The lowest BCUT2D eigenvalue weighted by Crippen LogP contribution is -2.52. The lowest BCUT2D eigenvalue weighted by molar-refractivity contribution is -0.129. The minimum absolute atomic E-state index is 0.0927. The molecule has 5 nitrogen and oxygen atoms in total. The third-order valence-electron chi connectivity index (χ3n) is 21.2. The van der Waals surface area contributed by atoms with Gasteiger partial charge < -0.3 is 20.4 Å². The summed E-state index contributed by atoms with van der Waals surface area (Å²) in [5.74, 6) is 8.55. The van der Waals surface area contributed by atoms with Crippen molar-refractivity contribution in [3.63, 3.8) is 0 Å². The van der Waals surface area contributed by atoms with E-state index >= 15 is 0 Å². The number of rotatable bonds is 20. The van der Waals surface area contributed by atoms with Crippen LogP contribution in [0.2, 0.25) is 0 Å². The minimum Gasteiger partial charge on any atom is -0.508 e. The van der Waals surface area contributed by atoms with Crippen molar-refractivity contribution < 1.29 is 15.0 Å². The molecule has 0 saturated heterocycles. The Morgan fingerprint density at radius 1 is 0.781 bits per heavy atom. The number of likely N-dealkylation sites (N-methyl/N-ethyl adjacent to an activating group) is 1. The first kappa shape index (κ1) is 48.6. The molecule has 0 aromatic heterocycles. The molecule has 0 heterocycles. The molecular weight excluding hydrogens is 785 g/mol. The zero-order valence-corrected chi connectivity index (χ0v) is 42.3. The van der Waals surface area contributed by atoms with E-state index in [9.17, 15) is 15.0 Å². The van der Waals surface area contributed by atoms with E-state index in [0.717, 1.165) is 74.2 Å². The predicted octanol–water partition coefficient (Wildman–Crippen LogP) is 14.2. The number of carbonyl (C=O) groups excluding carboxylic acids is 1. The highest BCUT2D eigenvalue weighted by Gasteiger charge is 2.60. The van der Waals surface area contributed by atoms with Crippen molar-refractivity contribution in [2.75, 3.05) is 20.1 Å². The largest absolute Gasteiger partial charge is 0.508 e. The average molecular weight is 881 g/mol. The quantitative estimate of drug-likeness (QED) is 0.0901. The molecule has 0 aliphatic heterocycles. The van der Waals surface area contributed by atoms with Gasteiger partial charge in [-0.3, -0.25) is 4.79 Å². The van der Waals surface area contributed by atoms with Crippen molar-refractivity contribution in [2.24, 2.45) is 69.5 Å².